The van der Waals surface area contributed by atoms with Gasteiger partial charge < -0.3 is 19.7 Å². The van der Waals surface area contributed by atoms with Gasteiger partial charge in [0.2, 0.25) is 6.79 Å². The highest BCUT2D eigenvalue weighted by molar-refractivity contribution is 5.69. The Morgan fingerprint density at radius 3 is 2.81 bits per heavy atom. The molecule has 2 aromatic rings. The Labute approximate surface area is 155 Å². The number of benzene rings is 2. The van der Waals surface area contributed by atoms with Gasteiger partial charge in [-0.2, -0.15) is 0 Å². The molecule has 4 nitrogen and oxygen atoms in total. The van der Waals surface area contributed by atoms with Crippen LogP contribution in [0.15, 0.2) is 36.4 Å². The van der Waals surface area contributed by atoms with Crippen LogP contribution in [-0.2, 0) is 12.0 Å². The summed E-state index contributed by atoms with van der Waals surface area (Å²) < 4.78 is 11.3. The summed E-state index contributed by atoms with van der Waals surface area (Å²) in [4.78, 5) is 2.59. The molecule has 1 spiro atoms. The number of fused-ring (bicyclic) bond motifs is 5. The van der Waals surface area contributed by atoms with Gasteiger partial charge in [-0.15, -0.1) is 0 Å². The zero-order chi connectivity index (χ0) is 17.6. The van der Waals surface area contributed by atoms with Gasteiger partial charge in [-0.05, 0) is 41.3 Å². The zero-order valence-corrected chi connectivity index (χ0v) is 15.4. The third-order valence-electron chi connectivity index (χ3n) is 6.11. The molecule has 136 valence electrons. The number of para-hydroxylation sites is 1. The summed E-state index contributed by atoms with van der Waals surface area (Å²) in [6, 6.07) is 13.4. The van der Waals surface area contributed by atoms with Gasteiger partial charge in [-0.1, -0.05) is 38.0 Å². The highest BCUT2D eigenvalue weighted by Gasteiger charge is 2.46. The number of hydrogen-bond donors (Lipinski definition) is 1. The highest BCUT2D eigenvalue weighted by atomic mass is 16.7. The summed E-state index contributed by atoms with van der Waals surface area (Å²) in [6.07, 6.45) is 3.80. The van der Waals surface area contributed by atoms with Crippen LogP contribution in [0.4, 0.5) is 5.69 Å². The fourth-order valence-corrected chi connectivity index (χ4v) is 4.87. The second-order valence-corrected chi connectivity index (χ2v) is 7.69. The summed E-state index contributed by atoms with van der Waals surface area (Å²) in [6.45, 7) is 6.64. The maximum absolute atomic E-state index is 5.71. The lowest BCUT2D eigenvalue weighted by atomic mass is 9.72. The van der Waals surface area contributed by atoms with Crippen molar-refractivity contribution < 1.29 is 9.47 Å². The van der Waals surface area contributed by atoms with Gasteiger partial charge >= 0.3 is 0 Å². The van der Waals surface area contributed by atoms with E-state index in [1.807, 2.05) is 0 Å². The van der Waals surface area contributed by atoms with Crippen LogP contribution in [-0.4, -0.2) is 26.4 Å². The molecule has 0 amide bonds. The average Bonchev–Trinajstić information content (AvgIpc) is 3.24. The molecule has 0 fully saturated rings. The van der Waals surface area contributed by atoms with Crippen molar-refractivity contribution in [3.63, 3.8) is 0 Å². The predicted octanol–water partition coefficient (Wildman–Crippen LogP) is 3.81. The van der Waals surface area contributed by atoms with E-state index in [1.165, 1.54) is 41.6 Å². The van der Waals surface area contributed by atoms with Gasteiger partial charge in [-0.3, -0.25) is 0 Å². The smallest absolute Gasteiger partial charge is 0.231 e. The van der Waals surface area contributed by atoms with Crippen LogP contribution in [0, 0.1) is 0 Å². The van der Waals surface area contributed by atoms with E-state index in [0.29, 0.717) is 6.79 Å². The van der Waals surface area contributed by atoms with E-state index >= 15 is 0 Å². The quantitative estimate of drug-likeness (QED) is 0.850. The van der Waals surface area contributed by atoms with Crippen LogP contribution in [0.3, 0.4) is 0 Å². The molecule has 3 aliphatic rings. The van der Waals surface area contributed by atoms with E-state index < -0.39 is 0 Å². The lowest BCUT2D eigenvalue weighted by Crippen LogP contribution is -2.47. The van der Waals surface area contributed by atoms with Crippen molar-refractivity contribution in [2.24, 2.45) is 0 Å². The SMILES string of the molecule is CCCCCN1CC2(CNCc3cc4c(cc32)OCO4)c2ccccc21. The Balaban J connectivity index is 1.60. The first-order chi connectivity index (χ1) is 12.8. The lowest BCUT2D eigenvalue weighted by Gasteiger charge is -2.37. The molecule has 26 heavy (non-hydrogen) atoms. The number of nitrogens with one attached hydrogen (secondary N) is 1. The molecule has 0 saturated heterocycles. The van der Waals surface area contributed by atoms with Crippen molar-refractivity contribution in [2.45, 2.75) is 38.1 Å². The molecule has 1 N–H and O–H groups in total. The molecule has 2 aromatic carbocycles. The third kappa shape index (κ3) is 2.32. The molecule has 0 radical (unpaired) electrons. The molecule has 0 aliphatic carbocycles. The molecule has 1 atom stereocenters. The third-order valence-corrected chi connectivity index (χ3v) is 6.11. The molecule has 0 saturated carbocycles. The molecule has 1 unspecified atom stereocenters. The summed E-state index contributed by atoms with van der Waals surface area (Å²) in [7, 11) is 0. The molecule has 0 bridgehead atoms. The Morgan fingerprint density at radius 2 is 1.92 bits per heavy atom. The van der Waals surface area contributed by atoms with Crippen molar-refractivity contribution in [1.82, 2.24) is 5.32 Å². The molecular formula is C22H26N2O2. The fraction of sp³-hybridized carbons (Fsp3) is 0.455. The van der Waals surface area contributed by atoms with E-state index in [9.17, 15) is 0 Å². The zero-order valence-electron chi connectivity index (χ0n) is 15.4. The molecule has 3 heterocycles. The number of anilines is 1. The van der Waals surface area contributed by atoms with Gasteiger partial charge in [0.25, 0.3) is 0 Å². The van der Waals surface area contributed by atoms with E-state index in [2.05, 4.69) is 53.5 Å². The Bertz CT molecular complexity index is 835. The van der Waals surface area contributed by atoms with E-state index in [-0.39, 0.29) is 5.41 Å². The minimum Gasteiger partial charge on any atom is -0.454 e. The summed E-state index contributed by atoms with van der Waals surface area (Å²) in [5, 5.41) is 3.67. The number of hydrogen-bond acceptors (Lipinski definition) is 4. The first kappa shape index (κ1) is 16.0. The van der Waals surface area contributed by atoms with Crippen LogP contribution in [0.5, 0.6) is 11.5 Å². The highest BCUT2D eigenvalue weighted by Crippen LogP contribution is 2.49. The van der Waals surface area contributed by atoms with Crippen LogP contribution in [0.25, 0.3) is 0 Å². The van der Waals surface area contributed by atoms with Crippen molar-refractivity contribution >= 4 is 5.69 Å². The minimum atomic E-state index is -0.00261. The van der Waals surface area contributed by atoms with Crippen molar-refractivity contribution in [1.29, 1.82) is 0 Å². The Morgan fingerprint density at radius 1 is 1.08 bits per heavy atom. The van der Waals surface area contributed by atoms with E-state index in [4.69, 9.17) is 9.47 Å². The maximum atomic E-state index is 5.71. The van der Waals surface area contributed by atoms with E-state index in [0.717, 1.165) is 37.7 Å². The van der Waals surface area contributed by atoms with Crippen LogP contribution >= 0.6 is 0 Å². The maximum Gasteiger partial charge on any atom is 0.231 e. The summed E-state index contributed by atoms with van der Waals surface area (Å²) in [5.74, 6) is 1.78. The first-order valence-corrected chi connectivity index (χ1v) is 9.80. The average molecular weight is 350 g/mol. The van der Waals surface area contributed by atoms with Crippen LogP contribution in [0.2, 0.25) is 0 Å². The second kappa shape index (κ2) is 6.20. The topological polar surface area (TPSA) is 33.7 Å². The number of nitrogens with zero attached hydrogens (tertiary/aromatic N) is 1. The molecule has 0 aromatic heterocycles. The lowest BCUT2D eigenvalue weighted by molar-refractivity contribution is 0.174. The summed E-state index contributed by atoms with van der Waals surface area (Å²) >= 11 is 0. The first-order valence-electron chi connectivity index (χ1n) is 9.80. The van der Waals surface area contributed by atoms with Crippen LogP contribution in [0.1, 0.15) is 42.9 Å². The minimum absolute atomic E-state index is 0.00261. The monoisotopic (exact) mass is 350 g/mol. The van der Waals surface area contributed by atoms with Crippen molar-refractivity contribution in [3.05, 3.63) is 53.1 Å². The molecular weight excluding hydrogens is 324 g/mol. The second-order valence-electron chi connectivity index (χ2n) is 7.69. The van der Waals surface area contributed by atoms with Gasteiger partial charge in [0.15, 0.2) is 11.5 Å². The molecule has 3 aliphatic heterocycles. The number of rotatable bonds is 4. The summed E-state index contributed by atoms with van der Waals surface area (Å²) in [5.41, 5.74) is 5.59. The Hall–Kier alpha value is -2.20. The molecule has 5 rings (SSSR count). The van der Waals surface area contributed by atoms with Crippen LogP contribution < -0.4 is 19.7 Å². The Kier molecular flexibility index (Phi) is 3.82. The van der Waals surface area contributed by atoms with Gasteiger partial charge in [0, 0.05) is 31.9 Å². The van der Waals surface area contributed by atoms with Gasteiger partial charge in [0.1, 0.15) is 0 Å². The predicted molar refractivity (Wildman–Crippen MR) is 103 cm³/mol. The fourth-order valence-electron chi connectivity index (χ4n) is 4.87. The normalized spacial score (nSPS) is 22.6. The number of ether oxygens (including phenoxy) is 2. The number of unbranched alkanes of at least 4 members (excludes halogenated alkanes) is 2. The van der Waals surface area contributed by atoms with E-state index in [1.54, 1.807) is 0 Å². The van der Waals surface area contributed by atoms with Crippen molar-refractivity contribution in [3.8, 4) is 11.5 Å². The van der Waals surface area contributed by atoms with Crippen molar-refractivity contribution in [2.75, 3.05) is 31.3 Å². The van der Waals surface area contributed by atoms with Gasteiger partial charge in [-0.25, -0.2) is 0 Å². The van der Waals surface area contributed by atoms with Gasteiger partial charge in [0.05, 0.1) is 5.41 Å². The largest absolute Gasteiger partial charge is 0.454 e. The standard InChI is InChI=1S/C22H26N2O2/c1-2-3-6-9-24-14-22(17-7-4-5-8-19(17)24)13-23-12-16-10-20-21(11-18(16)22)26-15-25-20/h4-5,7-8,10-11,23H,2-3,6,9,12-15H2,1H3. The molecule has 4 heteroatoms.